The van der Waals surface area contributed by atoms with Crippen LogP contribution in [0.1, 0.15) is 41.3 Å². The zero-order valence-corrected chi connectivity index (χ0v) is 21.9. The monoisotopic (exact) mass is 499 g/mol. The van der Waals surface area contributed by atoms with Gasteiger partial charge in [0, 0.05) is 38.8 Å². The van der Waals surface area contributed by atoms with Crippen LogP contribution in [-0.2, 0) is 10.2 Å². The molecule has 37 heavy (non-hydrogen) atoms. The first-order valence-corrected chi connectivity index (χ1v) is 12.9. The van der Waals surface area contributed by atoms with E-state index in [4.69, 9.17) is 0 Å². The first-order valence-electron chi connectivity index (χ1n) is 12.9. The van der Waals surface area contributed by atoms with E-state index in [0.29, 0.717) is 31.5 Å². The molecule has 1 unspecified atom stereocenters. The summed E-state index contributed by atoms with van der Waals surface area (Å²) >= 11 is 0. The van der Waals surface area contributed by atoms with Crippen LogP contribution in [-0.4, -0.2) is 72.1 Å². The highest BCUT2D eigenvalue weighted by Gasteiger charge is 2.45. The van der Waals surface area contributed by atoms with Gasteiger partial charge in [0.05, 0.1) is 12.1 Å². The number of hydrogen-bond donors (Lipinski definition) is 2. The van der Waals surface area contributed by atoms with Crippen LogP contribution in [0.25, 0.3) is 0 Å². The Kier molecular flexibility index (Phi) is 8.41. The van der Waals surface area contributed by atoms with Gasteiger partial charge in [0.15, 0.2) is 0 Å². The number of piperidine rings is 1. The van der Waals surface area contributed by atoms with Crippen molar-refractivity contribution in [2.24, 2.45) is 0 Å². The van der Waals surface area contributed by atoms with Crippen LogP contribution in [0.2, 0.25) is 0 Å². The molecule has 3 aromatic carbocycles. The molecule has 6 heteroatoms. The van der Waals surface area contributed by atoms with E-state index in [0.717, 1.165) is 11.1 Å². The number of benzene rings is 3. The molecular formula is C31H37N3O3. The average molecular weight is 500 g/mol. The first kappa shape index (κ1) is 26.6. The number of carbonyl (C=O) groups excluding carboxylic acids is 2. The van der Waals surface area contributed by atoms with Crippen molar-refractivity contribution in [3.05, 3.63) is 108 Å². The van der Waals surface area contributed by atoms with Crippen molar-refractivity contribution >= 4 is 11.8 Å². The second-order valence-electron chi connectivity index (χ2n) is 10.2. The van der Waals surface area contributed by atoms with E-state index in [1.807, 2.05) is 78.9 Å². The number of rotatable bonds is 8. The van der Waals surface area contributed by atoms with Gasteiger partial charge in [-0.15, -0.1) is 0 Å². The fraction of sp³-hybridized carbons (Fsp3) is 0.355. The maximum atomic E-state index is 14.0. The van der Waals surface area contributed by atoms with Gasteiger partial charge in [-0.25, -0.2) is 0 Å². The van der Waals surface area contributed by atoms with Crippen molar-refractivity contribution in [1.82, 2.24) is 15.1 Å². The fourth-order valence-electron chi connectivity index (χ4n) is 5.50. The maximum absolute atomic E-state index is 14.0. The molecule has 1 saturated heterocycles. The molecule has 0 bridgehead atoms. The van der Waals surface area contributed by atoms with Gasteiger partial charge in [0.1, 0.15) is 5.41 Å². The second-order valence-corrected chi connectivity index (χ2v) is 10.2. The largest absolute Gasteiger partial charge is 0.390 e. The van der Waals surface area contributed by atoms with Crippen molar-refractivity contribution in [3.8, 4) is 0 Å². The minimum atomic E-state index is -0.866. The summed E-state index contributed by atoms with van der Waals surface area (Å²) < 4.78 is 0. The Hall–Kier alpha value is -3.48. The zero-order chi connectivity index (χ0) is 26.4. The minimum Gasteiger partial charge on any atom is -0.390 e. The molecule has 3 atom stereocenters. The van der Waals surface area contributed by atoms with Gasteiger partial charge >= 0.3 is 0 Å². The van der Waals surface area contributed by atoms with Crippen molar-refractivity contribution in [2.45, 2.75) is 43.4 Å². The lowest BCUT2D eigenvalue weighted by Gasteiger charge is -2.44. The van der Waals surface area contributed by atoms with E-state index in [2.05, 4.69) is 17.1 Å². The van der Waals surface area contributed by atoms with Gasteiger partial charge in [0.25, 0.3) is 5.91 Å². The van der Waals surface area contributed by atoms with E-state index in [1.165, 1.54) is 0 Å². The first-order chi connectivity index (χ1) is 17.8. The Morgan fingerprint density at radius 2 is 1.46 bits per heavy atom. The number of carbonyl (C=O) groups is 2. The number of aliphatic hydroxyl groups excluding tert-OH is 1. The lowest BCUT2D eigenvalue weighted by atomic mass is 9.69. The summed E-state index contributed by atoms with van der Waals surface area (Å²) in [6.07, 6.45) is 0.498. The molecule has 0 spiro atoms. The summed E-state index contributed by atoms with van der Waals surface area (Å²) in [5, 5.41) is 14.0. The number of nitrogens with zero attached hydrogens (tertiary/aromatic N) is 2. The molecule has 1 aliphatic heterocycles. The molecule has 0 radical (unpaired) electrons. The van der Waals surface area contributed by atoms with Gasteiger partial charge in [-0.2, -0.15) is 0 Å². The number of aliphatic hydroxyl groups is 1. The van der Waals surface area contributed by atoms with Crippen LogP contribution in [0.15, 0.2) is 91.0 Å². The van der Waals surface area contributed by atoms with Gasteiger partial charge in [-0.1, -0.05) is 78.9 Å². The summed E-state index contributed by atoms with van der Waals surface area (Å²) in [5.41, 5.74) is 1.63. The third-order valence-corrected chi connectivity index (χ3v) is 7.50. The van der Waals surface area contributed by atoms with Crippen molar-refractivity contribution in [1.29, 1.82) is 0 Å². The van der Waals surface area contributed by atoms with E-state index in [-0.39, 0.29) is 23.9 Å². The number of β-amino-alcohol motifs (C(OH)–C–C–N with tert-alkyl or cyclic N) is 1. The third kappa shape index (κ3) is 5.76. The highest BCUT2D eigenvalue weighted by molar-refractivity contribution is 5.94. The normalized spacial score (nSPS) is 19.1. The Morgan fingerprint density at radius 3 is 1.95 bits per heavy atom. The Morgan fingerprint density at radius 1 is 0.946 bits per heavy atom. The predicted octanol–water partition coefficient (Wildman–Crippen LogP) is 3.70. The van der Waals surface area contributed by atoms with Crippen LogP contribution in [0, 0.1) is 0 Å². The van der Waals surface area contributed by atoms with E-state index < -0.39 is 11.5 Å². The van der Waals surface area contributed by atoms with Crippen molar-refractivity contribution in [2.75, 3.05) is 27.2 Å². The lowest BCUT2D eigenvalue weighted by molar-refractivity contribution is -0.134. The van der Waals surface area contributed by atoms with E-state index in [1.54, 1.807) is 31.1 Å². The number of amides is 2. The zero-order valence-electron chi connectivity index (χ0n) is 21.9. The Bertz CT molecular complexity index is 1130. The molecule has 2 amide bonds. The van der Waals surface area contributed by atoms with Gasteiger partial charge in [-0.05, 0) is 43.0 Å². The van der Waals surface area contributed by atoms with Crippen LogP contribution < -0.4 is 5.32 Å². The Labute approximate surface area is 219 Å². The van der Waals surface area contributed by atoms with Crippen LogP contribution in [0.5, 0.6) is 0 Å². The van der Waals surface area contributed by atoms with Crippen LogP contribution >= 0.6 is 0 Å². The molecule has 2 N–H and O–H groups in total. The fourth-order valence-corrected chi connectivity index (χ4v) is 5.50. The number of nitrogens with one attached hydrogen (secondary N) is 1. The van der Waals surface area contributed by atoms with Gasteiger partial charge < -0.3 is 15.3 Å². The molecule has 1 aliphatic rings. The molecule has 0 aromatic heterocycles. The van der Waals surface area contributed by atoms with E-state index >= 15 is 0 Å². The third-order valence-electron chi connectivity index (χ3n) is 7.50. The summed E-state index contributed by atoms with van der Waals surface area (Å²) in [6.45, 7) is 3.27. The summed E-state index contributed by atoms with van der Waals surface area (Å²) in [5.74, 6) is -0.141. The highest BCUT2D eigenvalue weighted by Crippen LogP contribution is 2.39. The molecule has 1 heterocycles. The lowest BCUT2D eigenvalue weighted by Crippen LogP contribution is -2.57. The molecule has 6 nitrogen and oxygen atoms in total. The molecule has 3 aromatic rings. The standard InChI is InChI=1S/C31H37N3O3/c1-23(34-20-19-27(28(35)22-34)32-29(36)24-13-7-4-8-14-24)21-31(30(37)33(2)3,25-15-9-5-10-16-25)26-17-11-6-12-18-26/h4-18,23,27-28,35H,19-22H2,1-3H3,(H,32,36)/t23?,27-,28-/m0/s1. The summed E-state index contributed by atoms with van der Waals surface area (Å²) in [4.78, 5) is 30.5. The topological polar surface area (TPSA) is 72.9 Å². The number of likely N-dealkylation sites (N-methyl/N-ethyl adjacent to an activating group) is 1. The summed E-state index contributed by atoms with van der Waals surface area (Å²) in [7, 11) is 3.61. The quantitative estimate of drug-likeness (QED) is 0.496. The van der Waals surface area contributed by atoms with Crippen molar-refractivity contribution in [3.63, 3.8) is 0 Å². The average Bonchev–Trinajstić information content (AvgIpc) is 2.93. The molecule has 4 rings (SSSR count). The molecule has 1 fully saturated rings. The maximum Gasteiger partial charge on any atom is 0.251 e. The predicted molar refractivity (Wildman–Crippen MR) is 146 cm³/mol. The van der Waals surface area contributed by atoms with E-state index in [9.17, 15) is 14.7 Å². The molecule has 0 saturated carbocycles. The Balaban J connectivity index is 1.56. The second kappa shape index (κ2) is 11.7. The van der Waals surface area contributed by atoms with Gasteiger partial charge in [-0.3, -0.25) is 14.5 Å². The number of hydrogen-bond acceptors (Lipinski definition) is 4. The summed E-state index contributed by atoms with van der Waals surface area (Å²) in [6, 6.07) is 28.7. The van der Waals surface area contributed by atoms with Crippen molar-refractivity contribution < 1.29 is 14.7 Å². The van der Waals surface area contributed by atoms with Crippen LogP contribution in [0.4, 0.5) is 0 Å². The molecule has 0 aliphatic carbocycles. The molecule has 194 valence electrons. The molecular weight excluding hydrogens is 462 g/mol. The van der Waals surface area contributed by atoms with Gasteiger partial charge in [0.2, 0.25) is 5.91 Å². The minimum absolute atomic E-state index is 0.00439. The van der Waals surface area contributed by atoms with Crippen LogP contribution in [0.3, 0.4) is 0 Å². The smallest absolute Gasteiger partial charge is 0.251 e. The SMILES string of the molecule is CC(CC(C(=O)N(C)C)(c1ccccc1)c1ccccc1)N1CC[C@H](NC(=O)c2ccccc2)[C@@H](O)C1. The highest BCUT2D eigenvalue weighted by atomic mass is 16.3. The number of likely N-dealkylation sites (tertiary alicyclic amines) is 1.